The minimum Gasteiger partial charge on any atom is -0.391 e. The summed E-state index contributed by atoms with van der Waals surface area (Å²) in [5.41, 5.74) is 4.92. The van der Waals surface area contributed by atoms with E-state index in [0.29, 0.717) is 0 Å². The number of aliphatic hydroxyl groups is 1. The lowest BCUT2D eigenvalue weighted by atomic mass is 9.90. The summed E-state index contributed by atoms with van der Waals surface area (Å²) in [5, 5.41) is 10.6. The smallest absolute Gasteiger partial charge is 0.0747 e. The number of aryl methyl sites for hydroxylation is 2. The van der Waals surface area contributed by atoms with Crippen molar-refractivity contribution in [2.75, 3.05) is 4.90 Å². The first kappa shape index (κ1) is 15.1. The van der Waals surface area contributed by atoms with Gasteiger partial charge in [0.2, 0.25) is 0 Å². The molecular weight excluding hydrogens is 270 g/mol. The molecule has 2 aromatic rings. The van der Waals surface area contributed by atoms with Gasteiger partial charge in [-0.3, -0.25) is 0 Å². The highest BCUT2D eigenvalue weighted by Crippen LogP contribution is 2.36. The first-order chi connectivity index (χ1) is 10.7. The number of benzene rings is 2. The van der Waals surface area contributed by atoms with Gasteiger partial charge in [0.05, 0.1) is 12.1 Å². The Morgan fingerprint density at radius 3 is 2.36 bits per heavy atom. The molecule has 0 aromatic heterocycles. The van der Waals surface area contributed by atoms with Crippen LogP contribution in [0.1, 0.15) is 36.8 Å². The van der Waals surface area contributed by atoms with E-state index in [0.717, 1.165) is 19.3 Å². The number of rotatable bonds is 3. The fourth-order valence-corrected chi connectivity index (χ4v) is 3.57. The highest BCUT2D eigenvalue weighted by Gasteiger charge is 2.30. The van der Waals surface area contributed by atoms with E-state index in [4.69, 9.17) is 0 Å². The van der Waals surface area contributed by atoms with Crippen molar-refractivity contribution in [1.82, 2.24) is 0 Å². The van der Waals surface area contributed by atoms with Gasteiger partial charge in [-0.05, 0) is 50.5 Å². The highest BCUT2D eigenvalue weighted by atomic mass is 16.3. The molecular formula is C20H25NO. The average molecular weight is 295 g/mol. The number of nitrogens with zero attached hydrogens (tertiary/aromatic N) is 1. The van der Waals surface area contributed by atoms with Gasteiger partial charge in [-0.2, -0.15) is 0 Å². The van der Waals surface area contributed by atoms with Crippen molar-refractivity contribution < 1.29 is 5.11 Å². The van der Waals surface area contributed by atoms with Crippen molar-refractivity contribution in [2.45, 2.75) is 51.7 Å². The SMILES string of the molecule is Cc1ccc(N(c2ccccc2)C2CCCCC2O)c(C)c1. The normalized spacial score (nSPS) is 21.6. The third-order valence-electron chi connectivity index (χ3n) is 4.67. The topological polar surface area (TPSA) is 23.5 Å². The van der Waals surface area contributed by atoms with Crippen LogP contribution in [0, 0.1) is 13.8 Å². The molecule has 2 unspecified atom stereocenters. The molecule has 1 saturated carbocycles. The van der Waals surface area contributed by atoms with Crippen LogP contribution in [-0.4, -0.2) is 17.3 Å². The van der Waals surface area contributed by atoms with Crippen molar-refractivity contribution in [2.24, 2.45) is 0 Å². The van der Waals surface area contributed by atoms with Crippen molar-refractivity contribution in [3.8, 4) is 0 Å². The lowest BCUT2D eigenvalue weighted by Crippen LogP contribution is -2.43. The number of para-hydroxylation sites is 1. The van der Waals surface area contributed by atoms with Gasteiger partial charge in [-0.1, -0.05) is 48.7 Å². The van der Waals surface area contributed by atoms with Crippen molar-refractivity contribution in [3.05, 3.63) is 59.7 Å². The zero-order valence-corrected chi connectivity index (χ0v) is 13.5. The molecule has 0 spiro atoms. The summed E-state index contributed by atoms with van der Waals surface area (Å²) in [6.07, 6.45) is 4.01. The van der Waals surface area contributed by atoms with Gasteiger partial charge in [0.1, 0.15) is 0 Å². The third-order valence-corrected chi connectivity index (χ3v) is 4.67. The lowest BCUT2D eigenvalue weighted by Gasteiger charge is -2.40. The minimum absolute atomic E-state index is 0.164. The molecule has 0 saturated heterocycles. The van der Waals surface area contributed by atoms with Gasteiger partial charge in [-0.25, -0.2) is 0 Å². The molecule has 1 aliphatic carbocycles. The van der Waals surface area contributed by atoms with E-state index in [-0.39, 0.29) is 12.1 Å². The van der Waals surface area contributed by atoms with Crippen LogP contribution in [0.15, 0.2) is 48.5 Å². The molecule has 1 N–H and O–H groups in total. The molecule has 3 rings (SSSR count). The number of aliphatic hydroxyl groups excluding tert-OH is 1. The van der Waals surface area contributed by atoms with Crippen LogP contribution in [0.5, 0.6) is 0 Å². The summed E-state index contributed by atoms with van der Waals surface area (Å²) in [4.78, 5) is 2.35. The Labute approximate surface area is 133 Å². The monoisotopic (exact) mass is 295 g/mol. The van der Waals surface area contributed by atoms with Gasteiger partial charge in [0.25, 0.3) is 0 Å². The third kappa shape index (κ3) is 3.02. The van der Waals surface area contributed by atoms with E-state index in [1.807, 2.05) is 6.07 Å². The maximum atomic E-state index is 10.6. The molecule has 0 aliphatic heterocycles. The Kier molecular flexibility index (Phi) is 4.49. The fourth-order valence-electron chi connectivity index (χ4n) is 3.57. The van der Waals surface area contributed by atoms with Crippen molar-refractivity contribution >= 4 is 11.4 Å². The first-order valence-electron chi connectivity index (χ1n) is 8.26. The Morgan fingerprint density at radius 2 is 1.68 bits per heavy atom. The molecule has 2 aromatic carbocycles. The summed E-state index contributed by atoms with van der Waals surface area (Å²) in [7, 11) is 0. The average Bonchev–Trinajstić information content (AvgIpc) is 2.52. The van der Waals surface area contributed by atoms with Crippen LogP contribution in [-0.2, 0) is 0 Å². The van der Waals surface area contributed by atoms with E-state index in [9.17, 15) is 5.11 Å². The van der Waals surface area contributed by atoms with E-state index < -0.39 is 0 Å². The summed E-state index contributed by atoms with van der Waals surface area (Å²) in [6, 6.07) is 17.2. The van der Waals surface area contributed by atoms with Crippen LogP contribution in [0.2, 0.25) is 0 Å². The van der Waals surface area contributed by atoms with Crippen LogP contribution in [0.4, 0.5) is 11.4 Å². The van der Waals surface area contributed by atoms with E-state index >= 15 is 0 Å². The Bertz CT molecular complexity index is 623. The predicted molar refractivity (Wildman–Crippen MR) is 92.8 cm³/mol. The van der Waals surface area contributed by atoms with Gasteiger partial charge in [0, 0.05) is 11.4 Å². The predicted octanol–water partition coefficient (Wildman–Crippen LogP) is 4.75. The van der Waals surface area contributed by atoms with E-state index in [1.54, 1.807) is 0 Å². The van der Waals surface area contributed by atoms with Crippen molar-refractivity contribution in [1.29, 1.82) is 0 Å². The van der Waals surface area contributed by atoms with Crippen LogP contribution >= 0.6 is 0 Å². The van der Waals surface area contributed by atoms with Crippen LogP contribution < -0.4 is 4.90 Å². The molecule has 22 heavy (non-hydrogen) atoms. The maximum Gasteiger partial charge on any atom is 0.0747 e. The van der Waals surface area contributed by atoms with Gasteiger partial charge < -0.3 is 10.0 Å². The maximum absolute atomic E-state index is 10.6. The van der Waals surface area contributed by atoms with Crippen LogP contribution in [0.25, 0.3) is 0 Å². The van der Waals surface area contributed by atoms with Gasteiger partial charge in [0.15, 0.2) is 0 Å². The summed E-state index contributed by atoms with van der Waals surface area (Å²) in [5.74, 6) is 0. The van der Waals surface area contributed by atoms with Gasteiger partial charge >= 0.3 is 0 Å². The van der Waals surface area contributed by atoms with Gasteiger partial charge in [-0.15, -0.1) is 0 Å². The molecule has 1 fully saturated rings. The molecule has 0 bridgehead atoms. The molecule has 1 aliphatic rings. The molecule has 2 atom stereocenters. The summed E-state index contributed by atoms with van der Waals surface area (Å²) in [6.45, 7) is 4.28. The number of anilines is 2. The van der Waals surface area contributed by atoms with E-state index in [1.165, 1.54) is 28.9 Å². The minimum atomic E-state index is -0.255. The second-order valence-electron chi connectivity index (χ2n) is 6.41. The Hall–Kier alpha value is -1.80. The molecule has 0 radical (unpaired) electrons. The first-order valence-corrected chi connectivity index (χ1v) is 8.26. The molecule has 2 nitrogen and oxygen atoms in total. The summed E-state index contributed by atoms with van der Waals surface area (Å²) < 4.78 is 0. The van der Waals surface area contributed by atoms with Crippen LogP contribution in [0.3, 0.4) is 0 Å². The highest BCUT2D eigenvalue weighted by molar-refractivity contribution is 5.67. The molecule has 0 heterocycles. The zero-order valence-electron chi connectivity index (χ0n) is 13.5. The zero-order chi connectivity index (χ0) is 15.5. The Balaban J connectivity index is 2.06. The number of hydrogen-bond donors (Lipinski definition) is 1. The molecule has 2 heteroatoms. The van der Waals surface area contributed by atoms with Crippen molar-refractivity contribution in [3.63, 3.8) is 0 Å². The standard InChI is InChI=1S/C20H25NO/c1-15-12-13-18(16(2)14-15)21(17-8-4-3-5-9-17)19-10-6-7-11-20(19)22/h3-5,8-9,12-14,19-20,22H,6-7,10-11H2,1-2H3. The molecule has 0 amide bonds. The Morgan fingerprint density at radius 1 is 0.955 bits per heavy atom. The fraction of sp³-hybridized carbons (Fsp3) is 0.400. The second-order valence-corrected chi connectivity index (χ2v) is 6.41. The molecule has 116 valence electrons. The van der Waals surface area contributed by atoms with E-state index in [2.05, 4.69) is 61.2 Å². The summed E-state index contributed by atoms with van der Waals surface area (Å²) >= 11 is 0. The number of hydrogen-bond acceptors (Lipinski definition) is 2. The second kappa shape index (κ2) is 6.53. The quantitative estimate of drug-likeness (QED) is 0.883. The lowest BCUT2D eigenvalue weighted by molar-refractivity contribution is 0.108. The largest absolute Gasteiger partial charge is 0.391 e.